The van der Waals surface area contributed by atoms with Crippen LogP contribution in [0.5, 0.6) is 5.19 Å². The Morgan fingerprint density at radius 3 is 2.81 bits per heavy atom. The Balaban J connectivity index is 1.05. The van der Waals surface area contributed by atoms with Crippen LogP contribution in [-0.2, 0) is 24.2 Å². The molecule has 0 radical (unpaired) electrons. The molecule has 0 unspecified atom stereocenters. The lowest BCUT2D eigenvalue weighted by atomic mass is 9.78. The van der Waals surface area contributed by atoms with Gasteiger partial charge < -0.3 is 10.1 Å². The molecule has 3 heterocycles. The minimum atomic E-state index is -2.86. The molecule has 1 fully saturated rings. The summed E-state index contributed by atoms with van der Waals surface area (Å²) in [4.78, 5) is 32.7. The number of nitrogens with one attached hydrogen (secondary N) is 1. The Bertz CT molecular complexity index is 1120. The quantitative estimate of drug-likeness (QED) is 0.445. The lowest BCUT2D eigenvalue weighted by Crippen LogP contribution is -2.32. The molecule has 0 saturated heterocycles. The summed E-state index contributed by atoms with van der Waals surface area (Å²) in [6, 6.07) is 5.61. The van der Waals surface area contributed by atoms with Crippen LogP contribution in [0.3, 0.4) is 0 Å². The van der Waals surface area contributed by atoms with Crippen molar-refractivity contribution in [1.29, 1.82) is 0 Å². The van der Waals surface area contributed by atoms with Crippen LogP contribution >= 0.6 is 11.3 Å². The van der Waals surface area contributed by atoms with Crippen molar-refractivity contribution in [2.24, 2.45) is 11.8 Å². The monoisotopic (exact) mass is 517 g/mol. The molecule has 1 aliphatic carbocycles. The van der Waals surface area contributed by atoms with Gasteiger partial charge in [0, 0.05) is 36.9 Å². The lowest BCUT2D eigenvalue weighted by molar-refractivity contribution is -0.115. The maximum absolute atomic E-state index is 13.1. The molecule has 2 aromatic rings. The first kappa shape index (κ1) is 25.3. The van der Waals surface area contributed by atoms with Gasteiger partial charge >= 0.3 is 0 Å². The van der Waals surface area contributed by atoms with E-state index in [-0.39, 0.29) is 11.7 Å². The highest BCUT2D eigenvalue weighted by molar-refractivity contribution is 7.13. The van der Waals surface area contributed by atoms with E-state index in [9.17, 15) is 18.4 Å². The summed E-state index contributed by atoms with van der Waals surface area (Å²) in [5.41, 5.74) is 3.26. The van der Waals surface area contributed by atoms with Crippen LogP contribution in [-0.4, -0.2) is 47.2 Å². The molecule has 36 heavy (non-hydrogen) atoms. The standard InChI is InChI=1S/C27H33F2N3O3S/c1-27(28,29)16-35-26-30-21-15-32(12-10-23(21)36-26)11-9-17-5-7-18(8-6-17)13-22(33)20-4-2-3-19-14-24(34)31-25(19)20/h2-4,17-18H,5-16H2,1H3,(H,31,34). The molecule has 0 spiro atoms. The normalized spacial score (nSPS) is 22.1. The van der Waals surface area contributed by atoms with E-state index in [4.69, 9.17) is 4.74 Å². The average molecular weight is 518 g/mol. The summed E-state index contributed by atoms with van der Waals surface area (Å²) >= 11 is 1.39. The Morgan fingerprint density at radius 2 is 2.03 bits per heavy atom. The van der Waals surface area contributed by atoms with Crippen molar-refractivity contribution in [3.63, 3.8) is 0 Å². The van der Waals surface area contributed by atoms with Crippen molar-refractivity contribution in [2.45, 2.75) is 70.8 Å². The SMILES string of the molecule is CC(F)(F)COc1nc2c(s1)CCN(CCC1CCC(CC(=O)c3cccc4c3NC(=O)C4)CC1)C2. The number of aromatic nitrogens is 1. The number of ketones is 1. The van der Waals surface area contributed by atoms with E-state index in [1.54, 1.807) is 0 Å². The largest absolute Gasteiger partial charge is 0.464 e. The number of para-hydroxylation sites is 1. The maximum Gasteiger partial charge on any atom is 0.278 e. The van der Waals surface area contributed by atoms with E-state index in [0.717, 1.165) is 81.2 Å². The first-order valence-electron chi connectivity index (χ1n) is 12.9. The average Bonchev–Trinajstić information content (AvgIpc) is 3.43. The van der Waals surface area contributed by atoms with Gasteiger partial charge in [-0.2, -0.15) is 0 Å². The Labute approximate surface area is 214 Å². The predicted octanol–water partition coefficient (Wildman–Crippen LogP) is 5.50. The topological polar surface area (TPSA) is 71.5 Å². The molecule has 2 aliphatic heterocycles. The van der Waals surface area contributed by atoms with E-state index in [2.05, 4.69) is 15.2 Å². The first-order valence-corrected chi connectivity index (χ1v) is 13.7. The van der Waals surface area contributed by atoms with Crippen LogP contribution in [0.2, 0.25) is 0 Å². The molecule has 0 atom stereocenters. The predicted molar refractivity (Wildman–Crippen MR) is 135 cm³/mol. The fraction of sp³-hybridized carbons (Fsp3) is 0.593. The van der Waals surface area contributed by atoms with Crippen molar-refractivity contribution in [2.75, 3.05) is 25.0 Å². The van der Waals surface area contributed by atoms with Crippen LogP contribution in [0.4, 0.5) is 14.5 Å². The smallest absolute Gasteiger partial charge is 0.278 e. The molecular weight excluding hydrogens is 484 g/mol. The second-order valence-electron chi connectivity index (χ2n) is 10.6. The number of anilines is 1. The number of fused-ring (bicyclic) bond motifs is 2. The van der Waals surface area contributed by atoms with E-state index >= 15 is 0 Å². The van der Waals surface area contributed by atoms with Crippen LogP contribution in [0.15, 0.2) is 18.2 Å². The van der Waals surface area contributed by atoms with Crippen LogP contribution < -0.4 is 10.1 Å². The molecule has 1 aromatic carbocycles. The van der Waals surface area contributed by atoms with Gasteiger partial charge in [-0.05, 0) is 55.7 Å². The Morgan fingerprint density at radius 1 is 1.25 bits per heavy atom. The number of thiazole rings is 1. The minimum Gasteiger partial charge on any atom is -0.464 e. The summed E-state index contributed by atoms with van der Waals surface area (Å²) in [5.74, 6) is -1.69. The number of amides is 1. The summed E-state index contributed by atoms with van der Waals surface area (Å²) in [5, 5.41) is 3.20. The number of Topliss-reactive ketones (excluding diaryl/α,β-unsaturated/α-hetero) is 1. The highest BCUT2D eigenvalue weighted by Gasteiger charge is 2.29. The molecular formula is C27H33F2N3O3S. The molecule has 194 valence electrons. The van der Waals surface area contributed by atoms with Gasteiger partial charge in [0.05, 0.1) is 17.8 Å². The third-order valence-electron chi connectivity index (χ3n) is 7.60. The number of carbonyl (C=O) groups is 2. The van der Waals surface area contributed by atoms with Gasteiger partial charge in [-0.15, -0.1) is 0 Å². The van der Waals surface area contributed by atoms with Gasteiger partial charge in [-0.3, -0.25) is 14.5 Å². The van der Waals surface area contributed by atoms with E-state index in [1.165, 1.54) is 11.3 Å². The van der Waals surface area contributed by atoms with Crippen molar-refractivity contribution < 1.29 is 23.1 Å². The highest BCUT2D eigenvalue weighted by atomic mass is 32.1. The van der Waals surface area contributed by atoms with Crippen molar-refractivity contribution in [3.8, 4) is 5.19 Å². The summed E-state index contributed by atoms with van der Waals surface area (Å²) in [7, 11) is 0. The lowest BCUT2D eigenvalue weighted by Gasteiger charge is -2.31. The second-order valence-corrected chi connectivity index (χ2v) is 11.6. The molecule has 9 heteroatoms. The molecule has 6 nitrogen and oxygen atoms in total. The van der Waals surface area contributed by atoms with Crippen LogP contribution in [0, 0.1) is 11.8 Å². The van der Waals surface area contributed by atoms with Gasteiger partial charge in [0.1, 0.15) is 0 Å². The minimum absolute atomic E-state index is 0.0413. The zero-order valence-corrected chi connectivity index (χ0v) is 21.5. The van der Waals surface area contributed by atoms with Gasteiger partial charge in [-0.1, -0.05) is 36.3 Å². The molecule has 5 rings (SSSR count). The first-order chi connectivity index (χ1) is 17.2. The zero-order valence-electron chi connectivity index (χ0n) is 20.7. The number of alkyl halides is 2. The van der Waals surface area contributed by atoms with E-state index in [1.807, 2.05) is 18.2 Å². The Hall–Kier alpha value is -2.39. The number of hydrogen-bond donors (Lipinski definition) is 1. The molecule has 1 amide bonds. The molecule has 1 aromatic heterocycles. The number of ether oxygens (including phenoxy) is 1. The van der Waals surface area contributed by atoms with Gasteiger partial charge in [-0.25, -0.2) is 13.8 Å². The summed E-state index contributed by atoms with van der Waals surface area (Å²) in [6.45, 7) is 2.93. The summed E-state index contributed by atoms with van der Waals surface area (Å²) in [6.07, 6.45) is 7.33. The summed E-state index contributed by atoms with van der Waals surface area (Å²) < 4.78 is 31.3. The van der Waals surface area contributed by atoms with Crippen molar-refractivity contribution >= 4 is 28.7 Å². The van der Waals surface area contributed by atoms with Gasteiger partial charge in [0.15, 0.2) is 12.4 Å². The molecule has 1 saturated carbocycles. The number of nitrogens with zero attached hydrogens (tertiary/aromatic N) is 2. The Kier molecular flexibility index (Phi) is 7.40. The van der Waals surface area contributed by atoms with Crippen molar-refractivity contribution in [3.05, 3.63) is 39.9 Å². The second kappa shape index (κ2) is 10.5. The van der Waals surface area contributed by atoms with Crippen molar-refractivity contribution in [1.82, 2.24) is 9.88 Å². The highest BCUT2D eigenvalue weighted by Crippen LogP contribution is 2.36. The van der Waals surface area contributed by atoms with Gasteiger partial charge in [0.25, 0.3) is 11.1 Å². The van der Waals surface area contributed by atoms with Crippen LogP contribution in [0.1, 0.15) is 71.9 Å². The van der Waals surface area contributed by atoms with E-state index < -0.39 is 12.5 Å². The zero-order chi connectivity index (χ0) is 25.3. The van der Waals surface area contributed by atoms with Gasteiger partial charge in [0.2, 0.25) is 5.91 Å². The number of hydrogen-bond acceptors (Lipinski definition) is 6. The molecule has 1 N–H and O–H groups in total. The molecule has 0 bridgehead atoms. The van der Waals surface area contributed by atoms with E-state index in [0.29, 0.717) is 41.1 Å². The number of carbonyl (C=O) groups excluding carboxylic acids is 2. The maximum atomic E-state index is 13.1. The number of rotatable bonds is 9. The third kappa shape index (κ3) is 6.11. The molecule has 3 aliphatic rings. The number of halogens is 2. The number of benzene rings is 1. The third-order valence-corrected chi connectivity index (χ3v) is 8.67. The fourth-order valence-electron chi connectivity index (χ4n) is 5.62. The fourth-order valence-corrected chi connectivity index (χ4v) is 6.52. The van der Waals surface area contributed by atoms with Crippen LogP contribution in [0.25, 0.3) is 0 Å².